The number of hydrogen-bond acceptors (Lipinski definition) is 3. The van der Waals surface area contributed by atoms with Crippen molar-refractivity contribution in [1.29, 1.82) is 0 Å². The van der Waals surface area contributed by atoms with Crippen molar-refractivity contribution in [3.05, 3.63) is 0 Å². The molecule has 3 rings (SSSR count). The zero-order valence-electron chi connectivity index (χ0n) is 9.60. The van der Waals surface area contributed by atoms with Gasteiger partial charge in [0, 0.05) is 12.0 Å². The molecule has 1 amide bonds. The molecule has 88 valence electrons. The molecular weight excluding hydrogens is 206 g/mol. The van der Waals surface area contributed by atoms with Crippen LogP contribution in [0.3, 0.4) is 0 Å². The molecule has 0 aromatic heterocycles. The Morgan fingerprint density at radius 3 is 2.88 bits per heavy atom. The molecule has 1 saturated heterocycles. The minimum atomic E-state index is -0.150. The molecule has 1 heterocycles. The summed E-state index contributed by atoms with van der Waals surface area (Å²) < 4.78 is 5.31. The van der Waals surface area contributed by atoms with E-state index in [-0.39, 0.29) is 35.9 Å². The van der Waals surface area contributed by atoms with Gasteiger partial charge in [0.1, 0.15) is 6.10 Å². The van der Waals surface area contributed by atoms with Crippen LogP contribution in [0.1, 0.15) is 26.7 Å². The number of carbonyl (C=O) groups excluding carboxylic acids is 2. The minimum Gasteiger partial charge on any atom is -0.462 e. The smallest absolute Gasteiger partial charge is 0.310 e. The Bertz CT molecular complexity index is 350. The first kappa shape index (κ1) is 10.1. The summed E-state index contributed by atoms with van der Waals surface area (Å²) in [5.41, 5.74) is 0. The summed E-state index contributed by atoms with van der Waals surface area (Å²) in [6.45, 7) is 3.89. The third kappa shape index (κ3) is 1.22. The molecule has 2 aliphatic carbocycles. The number of esters is 1. The van der Waals surface area contributed by atoms with Crippen molar-refractivity contribution in [3.63, 3.8) is 0 Å². The van der Waals surface area contributed by atoms with Crippen LogP contribution in [0.15, 0.2) is 0 Å². The van der Waals surface area contributed by atoms with Crippen molar-refractivity contribution in [2.45, 2.75) is 38.8 Å². The van der Waals surface area contributed by atoms with Crippen molar-refractivity contribution in [2.24, 2.45) is 23.7 Å². The fourth-order valence-electron chi connectivity index (χ4n) is 3.74. The van der Waals surface area contributed by atoms with Crippen LogP contribution >= 0.6 is 0 Å². The predicted molar refractivity (Wildman–Crippen MR) is 56.4 cm³/mol. The molecule has 4 heteroatoms. The zero-order chi connectivity index (χ0) is 11.4. The molecule has 1 N–H and O–H groups in total. The van der Waals surface area contributed by atoms with Gasteiger partial charge in [0.15, 0.2) is 0 Å². The number of fused-ring (bicyclic) bond motifs is 1. The second-order valence-electron chi connectivity index (χ2n) is 5.59. The van der Waals surface area contributed by atoms with Crippen LogP contribution in [0.5, 0.6) is 0 Å². The van der Waals surface area contributed by atoms with E-state index >= 15 is 0 Å². The van der Waals surface area contributed by atoms with Crippen molar-refractivity contribution >= 4 is 11.9 Å². The van der Waals surface area contributed by atoms with Gasteiger partial charge in [-0.2, -0.15) is 0 Å². The summed E-state index contributed by atoms with van der Waals surface area (Å²) in [4.78, 5) is 23.8. The molecular formula is C12H17NO3. The Kier molecular flexibility index (Phi) is 2.03. The van der Waals surface area contributed by atoms with E-state index in [1.54, 1.807) is 0 Å². The molecule has 5 atom stereocenters. The summed E-state index contributed by atoms with van der Waals surface area (Å²) in [7, 11) is 0. The molecule has 2 saturated carbocycles. The molecule has 1 aliphatic heterocycles. The molecule has 0 aromatic carbocycles. The number of hydrogen-bond donors (Lipinski definition) is 1. The standard InChI is InChI=1S/C12H17NO3/c1-5(2)13-11(14)9-6-3-7-8(4-6)16-12(15)10(7)9/h5-10H,3-4H2,1-2H3,(H,13,14)/t6-,7-,8+,9+,10-/m0/s1. The van der Waals surface area contributed by atoms with E-state index in [1.165, 1.54) is 0 Å². The summed E-state index contributed by atoms with van der Waals surface area (Å²) >= 11 is 0. The van der Waals surface area contributed by atoms with E-state index in [0.29, 0.717) is 11.8 Å². The van der Waals surface area contributed by atoms with Crippen LogP contribution in [0.4, 0.5) is 0 Å². The van der Waals surface area contributed by atoms with Crippen LogP contribution in [0.2, 0.25) is 0 Å². The van der Waals surface area contributed by atoms with Crippen molar-refractivity contribution < 1.29 is 14.3 Å². The van der Waals surface area contributed by atoms with Gasteiger partial charge in [0.05, 0.1) is 11.8 Å². The van der Waals surface area contributed by atoms with Gasteiger partial charge >= 0.3 is 5.97 Å². The van der Waals surface area contributed by atoms with Gasteiger partial charge in [0.25, 0.3) is 0 Å². The molecule has 16 heavy (non-hydrogen) atoms. The van der Waals surface area contributed by atoms with Crippen molar-refractivity contribution in [2.75, 3.05) is 0 Å². The summed E-state index contributed by atoms with van der Waals surface area (Å²) in [5.74, 6) is 0.315. The first-order chi connectivity index (χ1) is 7.58. The average Bonchev–Trinajstić information content (AvgIpc) is 2.75. The zero-order valence-corrected chi connectivity index (χ0v) is 9.60. The molecule has 0 unspecified atom stereocenters. The fraction of sp³-hybridized carbons (Fsp3) is 0.833. The quantitative estimate of drug-likeness (QED) is 0.701. The Labute approximate surface area is 94.7 Å². The second kappa shape index (κ2) is 3.22. The molecule has 0 aromatic rings. The molecule has 0 radical (unpaired) electrons. The predicted octanol–water partition coefficient (Wildman–Crippen LogP) is 0.709. The van der Waals surface area contributed by atoms with Crippen LogP contribution in [0.25, 0.3) is 0 Å². The highest BCUT2D eigenvalue weighted by molar-refractivity contribution is 5.88. The average molecular weight is 223 g/mol. The molecule has 0 spiro atoms. The van der Waals surface area contributed by atoms with Crippen LogP contribution in [-0.2, 0) is 14.3 Å². The van der Waals surface area contributed by atoms with Crippen molar-refractivity contribution in [3.8, 4) is 0 Å². The van der Waals surface area contributed by atoms with Gasteiger partial charge in [-0.15, -0.1) is 0 Å². The number of ether oxygens (including phenoxy) is 1. The molecule has 3 fully saturated rings. The van der Waals surface area contributed by atoms with Gasteiger partial charge in [-0.05, 0) is 32.6 Å². The van der Waals surface area contributed by atoms with E-state index in [4.69, 9.17) is 4.74 Å². The summed E-state index contributed by atoms with van der Waals surface area (Å²) in [6, 6.07) is 0.139. The fourth-order valence-corrected chi connectivity index (χ4v) is 3.74. The second-order valence-corrected chi connectivity index (χ2v) is 5.59. The van der Waals surface area contributed by atoms with E-state index in [9.17, 15) is 9.59 Å². The van der Waals surface area contributed by atoms with Gasteiger partial charge in [-0.1, -0.05) is 0 Å². The first-order valence-electron chi connectivity index (χ1n) is 6.09. The normalized spacial score (nSPS) is 43.9. The summed E-state index contributed by atoms with van der Waals surface area (Å²) in [5, 5.41) is 2.93. The first-order valence-corrected chi connectivity index (χ1v) is 6.09. The lowest BCUT2D eigenvalue weighted by Crippen LogP contribution is -2.42. The Hall–Kier alpha value is -1.06. The maximum atomic E-state index is 12.1. The van der Waals surface area contributed by atoms with Gasteiger partial charge in [-0.3, -0.25) is 9.59 Å². The Morgan fingerprint density at radius 2 is 2.19 bits per heavy atom. The highest BCUT2D eigenvalue weighted by Crippen LogP contribution is 2.57. The highest BCUT2D eigenvalue weighted by Gasteiger charge is 2.63. The minimum absolute atomic E-state index is 0.0461. The number of nitrogens with one attached hydrogen (secondary N) is 1. The third-order valence-electron chi connectivity index (χ3n) is 4.22. The van der Waals surface area contributed by atoms with Crippen LogP contribution in [-0.4, -0.2) is 24.0 Å². The monoisotopic (exact) mass is 223 g/mol. The molecule has 2 bridgehead atoms. The van der Waals surface area contributed by atoms with Gasteiger partial charge < -0.3 is 10.1 Å². The largest absolute Gasteiger partial charge is 0.462 e. The van der Waals surface area contributed by atoms with E-state index in [0.717, 1.165) is 12.8 Å². The van der Waals surface area contributed by atoms with Gasteiger partial charge in [-0.25, -0.2) is 0 Å². The number of amides is 1. The van der Waals surface area contributed by atoms with Crippen molar-refractivity contribution in [1.82, 2.24) is 5.32 Å². The topological polar surface area (TPSA) is 55.4 Å². The van der Waals surface area contributed by atoms with E-state index in [1.807, 2.05) is 13.8 Å². The lowest BCUT2D eigenvalue weighted by molar-refractivity contribution is -0.146. The van der Waals surface area contributed by atoms with Gasteiger partial charge in [0.2, 0.25) is 5.91 Å². The maximum absolute atomic E-state index is 12.1. The Morgan fingerprint density at radius 1 is 1.44 bits per heavy atom. The Balaban J connectivity index is 1.82. The molecule has 4 nitrogen and oxygen atoms in total. The maximum Gasteiger partial charge on any atom is 0.310 e. The number of rotatable bonds is 2. The van der Waals surface area contributed by atoms with E-state index in [2.05, 4.69) is 5.32 Å². The number of carbonyl (C=O) groups is 2. The lowest BCUT2D eigenvalue weighted by Gasteiger charge is -2.24. The molecule has 3 aliphatic rings. The SMILES string of the molecule is CC(C)NC(=O)[C@@H]1[C@H]2C[C@@H]3[C@@H]1C(=O)O[C@@H]3C2. The van der Waals surface area contributed by atoms with E-state index < -0.39 is 0 Å². The lowest BCUT2D eigenvalue weighted by atomic mass is 9.79. The third-order valence-corrected chi connectivity index (χ3v) is 4.22. The highest BCUT2D eigenvalue weighted by atomic mass is 16.6. The van der Waals surface area contributed by atoms with Crippen LogP contribution in [0, 0.1) is 23.7 Å². The van der Waals surface area contributed by atoms with Crippen LogP contribution < -0.4 is 5.32 Å². The summed E-state index contributed by atoms with van der Waals surface area (Å²) in [6.07, 6.45) is 2.01.